The Morgan fingerprint density at radius 3 is 2.25 bits per heavy atom. The molecule has 1 heterocycles. The van der Waals surface area contributed by atoms with Gasteiger partial charge in [-0.3, -0.25) is 4.79 Å². The van der Waals surface area contributed by atoms with Gasteiger partial charge in [-0.1, -0.05) is 13.8 Å². The molecule has 2 N–H and O–H groups in total. The van der Waals surface area contributed by atoms with Gasteiger partial charge in [0.15, 0.2) is 14.6 Å². The van der Waals surface area contributed by atoms with Crippen molar-refractivity contribution >= 4 is 15.7 Å². The molecule has 1 aliphatic carbocycles. The standard InChI is InChI=1S/C17H32N2O4S/c1-5-16(6-2)13(12-14(16)23-7-3)19-15(20)17(24(4,21)22)8-10-18-11-9-17/h13-14,18H,5-12H2,1-4H3,(H,19,20). The molecule has 2 atom stereocenters. The van der Waals surface area contributed by atoms with Crippen molar-refractivity contribution in [1.29, 1.82) is 0 Å². The quantitative estimate of drug-likeness (QED) is 0.714. The summed E-state index contributed by atoms with van der Waals surface area (Å²) in [7, 11) is -3.47. The molecule has 1 saturated heterocycles. The van der Waals surface area contributed by atoms with Crippen LogP contribution in [0.25, 0.3) is 0 Å². The zero-order chi connectivity index (χ0) is 18.0. The van der Waals surface area contributed by atoms with Crippen LogP contribution in [0.1, 0.15) is 52.9 Å². The molecule has 2 aliphatic rings. The number of hydrogen-bond donors (Lipinski definition) is 2. The number of sulfone groups is 1. The summed E-state index contributed by atoms with van der Waals surface area (Å²) in [6.07, 6.45) is 4.59. The third-order valence-corrected chi connectivity index (χ3v) is 8.32. The van der Waals surface area contributed by atoms with E-state index in [4.69, 9.17) is 4.74 Å². The lowest BCUT2D eigenvalue weighted by atomic mass is 9.58. The van der Waals surface area contributed by atoms with Crippen molar-refractivity contribution in [2.24, 2.45) is 5.41 Å². The summed E-state index contributed by atoms with van der Waals surface area (Å²) in [5.74, 6) is -0.322. The van der Waals surface area contributed by atoms with Crippen LogP contribution in [-0.4, -0.2) is 57.2 Å². The van der Waals surface area contributed by atoms with Gasteiger partial charge in [0.25, 0.3) is 0 Å². The monoisotopic (exact) mass is 360 g/mol. The van der Waals surface area contributed by atoms with Crippen LogP contribution < -0.4 is 10.6 Å². The minimum Gasteiger partial charge on any atom is -0.378 e. The second-order valence-corrected chi connectivity index (χ2v) is 9.49. The van der Waals surface area contributed by atoms with Crippen molar-refractivity contribution in [2.45, 2.75) is 69.8 Å². The van der Waals surface area contributed by atoms with Crippen LogP contribution in [0, 0.1) is 5.41 Å². The topological polar surface area (TPSA) is 84.5 Å². The molecule has 7 heteroatoms. The summed E-state index contributed by atoms with van der Waals surface area (Å²) < 4.78 is 29.3. The molecule has 2 rings (SSSR count). The Hall–Kier alpha value is -0.660. The van der Waals surface area contributed by atoms with Gasteiger partial charge >= 0.3 is 0 Å². The molecule has 1 amide bonds. The van der Waals surface area contributed by atoms with E-state index in [0.717, 1.165) is 19.3 Å². The summed E-state index contributed by atoms with van der Waals surface area (Å²) >= 11 is 0. The van der Waals surface area contributed by atoms with Crippen LogP contribution >= 0.6 is 0 Å². The van der Waals surface area contributed by atoms with E-state index < -0.39 is 14.6 Å². The largest absolute Gasteiger partial charge is 0.378 e. The summed E-state index contributed by atoms with van der Waals surface area (Å²) in [6, 6.07) is -0.00920. The van der Waals surface area contributed by atoms with E-state index in [1.165, 1.54) is 6.26 Å². The highest BCUT2D eigenvalue weighted by molar-refractivity contribution is 7.92. The first-order valence-electron chi connectivity index (χ1n) is 9.10. The van der Waals surface area contributed by atoms with Gasteiger partial charge in [-0.05, 0) is 52.1 Å². The number of carbonyl (C=O) groups excluding carboxylic acids is 1. The van der Waals surface area contributed by atoms with E-state index in [1.54, 1.807) is 0 Å². The Bertz CT molecular complexity index is 551. The van der Waals surface area contributed by atoms with E-state index in [0.29, 0.717) is 32.5 Å². The lowest BCUT2D eigenvalue weighted by Crippen LogP contribution is -2.68. The average Bonchev–Trinajstić information content (AvgIpc) is 2.54. The van der Waals surface area contributed by atoms with Gasteiger partial charge in [-0.2, -0.15) is 0 Å². The van der Waals surface area contributed by atoms with E-state index >= 15 is 0 Å². The average molecular weight is 361 g/mol. The van der Waals surface area contributed by atoms with E-state index in [2.05, 4.69) is 24.5 Å². The van der Waals surface area contributed by atoms with Crippen LogP contribution in [0.5, 0.6) is 0 Å². The molecule has 0 aromatic carbocycles. The molecule has 1 aliphatic heterocycles. The van der Waals surface area contributed by atoms with Crippen LogP contribution in [0.15, 0.2) is 0 Å². The maximum Gasteiger partial charge on any atom is 0.241 e. The molecular formula is C17H32N2O4S. The highest BCUT2D eigenvalue weighted by Gasteiger charge is 2.56. The van der Waals surface area contributed by atoms with Crippen molar-refractivity contribution in [3.8, 4) is 0 Å². The Labute approximate surface area is 146 Å². The van der Waals surface area contributed by atoms with Crippen LogP contribution in [0.4, 0.5) is 0 Å². The number of piperidine rings is 1. The fourth-order valence-corrected chi connectivity index (χ4v) is 5.81. The summed E-state index contributed by atoms with van der Waals surface area (Å²) in [6.45, 7) is 7.98. The maximum atomic E-state index is 13.0. The molecule has 0 aromatic heterocycles. The van der Waals surface area contributed by atoms with Crippen LogP contribution in [-0.2, 0) is 19.4 Å². The Kier molecular flexibility index (Phi) is 5.98. The van der Waals surface area contributed by atoms with Gasteiger partial charge in [0, 0.05) is 24.3 Å². The fraction of sp³-hybridized carbons (Fsp3) is 0.941. The second-order valence-electron chi connectivity index (χ2n) is 7.16. The summed E-state index contributed by atoms with van der Waals surface area (Å²) in [5, 5.41) is 6.23. The molecule has 2 unspecified atom stereocenters. The van der Waals surface area contributed by atoms with Crippen molar-refractivity contribution in [2.75, 3.05) is 26.0 Å². The van der Waals surface area contributed by atoms with Crippen molar-refractivity contribution in [3.05, 3.63) is 0 Å². The highest BCUT2D eigenvalue weighted by Crippen LogP contribution is 2.49. The molecule has 6 nitrogen and oxygen atoms in total. The predicted molar refractivity (Wildman–Crippen MR) is 94.7 cm³/mol. The predicted octanol–water partition coefficient (Wildman–Crippen LogP) is 1.25. The van der Waals surface area contributed by atoms with Gasteiger partial charge in [-0.15, -0.1) is 0 Å². The molecule has 1 saturated carbocycles. The van der Waals surface area contributed by atoms with E-state index in [1.807, 2.05) is 6.92 Å². The molecular weight excluding hydrogens is 328 g/mol. The third kappa shape index (κ3) is 3.10. The number of carbonyl (C=O) groups is 1. The van der Waals surface area contributed by atoms with Gasteiger partial charge in [0.1, 0.15) is 0 Å². The van der Waals surface area contributed by atoms with Gasteiger partial charge in [0.2, 0.25) is 5.91 Å². The molecule has 0 aromatic rings. The van der Waals surface area contributed by atoms with Gasteiger partial charge < -0.3 is 15.4 Å². The first kappa shape index (κ1) is 19.7. The number of rotatable bonds is 7. The minimum atomic E-state index is -3.47. The molecule has 2 fully saturated rings. The number of ether oxygens (including phenoxy) is 1. The molecule has 140 valence electrons. The van der Waals surface area contributed by atoms with Crippen molar-refractivity contribution in [3.63, 3.8) is 0 Å². The fourth-order valence-electron chi connectivity index (χ4n) is 4.47. The summed E-state index contributed by atoms with van der Waals surface area (Å²) in [4.78, 5) is 13.0. The number of hydrogen-bond acceptors (Lipinski definition) is 5. The smallest absolute Gasteiger partial charge is 0.241 e. The van der Waals surface area contributed by atoms with Crippen molar-refractivity contribution < 1.29 is 17.9 Å². The normalized spacial score (nSPS) is 28.8. The lowest BCUT2D eigenvalue weighted by Gasteiger charge is -2.56. The number of amides is 1. The molecule has 0 bridgehead atoms. The van der Waals surface area contributed by atoms with Gasteiger partial charge in [-0.25, -0.2) is 8.42 Å². The Balaban J connectivity index is 2.18. The highest BCUT2D eigenvalue weighted by atomic mass is 32.2. The van der Waals surface area contributed by atoms with Crippen LogP contribution in [0.2, 0.25) is 0 Å². The zero-order valence-electron chi connectivity index (χ0n) is 15.4. The maximum absolute atomic E-state index is 13.0. The molecule has 0 radical (unpaired) electrons. The minimum absolute atomic E-state index is 0.00920. The zero-order valence-corrected chi connectivity index (χ0v) is 16.2. The third-order valence-electron chi connectivity index (χ3n) is 6.31. The summed E-state index contributed by atoms with van der Waals surface area (Å²) in [5.41, 5.74) is -0.0860. The second kappa shape index (κ2) is 7.30. The first-order valence-corrected chi connectivity index (χ1v) is 11.0. The van der Waals surface area contributed by atoms with Crippen molar-refractivity contribution in [1.82, 2.24) is 10.6 Å². The Morgan fingerprint density at radius 1 is 1.21 bits per heavy atom. The Morgan fingerprint density at radius 2 is 1.79 bits per heavy atom. The van der Waals surface area contributed by atoms with Crippen LogP contribution in [0.3, 0.4) is 0 Å². The lowest BCUT2D eigenvalue weighted by molar-refractivity contribution is -0.150. The molecule has 24 heavy (non-hydrogen) atoms. The molecule has 0 spiro atoms. The first-order chi connectivity index (χ1) is 11.3. The van der Waals surface area contributed by atoms with E-state index in [9.17, 15) is 13.2 Å². The SMILES string of the molecule is CCOC1CC(NC(=O)C2(S(C)(=O)=O)CCNCC2)C1(CC)CC. The van der Waals surface area contributed by atoms with E-state index in [-0.39, 0.29) is 23.5 Å². The number of nitrogens with one attached hydrogen (secondary N) is 2. The van der Waals surface area contributed by atoms with Gasteiger partial charge in [0.05, 0.1) is 6.10 Å².